The Hall–Kier alpha value is -4.53. The van der Waals surface area contributed by atoms with Gasteiger partial charge in [0.1, 0.15) is 6.10 Å². The van der Waals surface area contributed by atoms with Crippen molar-refractivity contribution in [2.45, 2.75) is 37.7 Å². The van der Waals surface area contributed by atoms with Gasteiger partial charge >= 0.3 is 18.4 Å². The molecule has 1 saturated heterocycles. The van der Waals surface area contributed by atoms with Gasteiger partial charge in [-0.1, -0.05) is 36.4 Å². The molecule has 0 aromatic heterocycles. The fourth-order valence-corrected chi connectivity index (χ4v) is 4.58. The van der Waals surface area contributed by atoms with Gasteiger partial charge in [-0.2, -0.15) is 31.6 Å². The van der Waals surface area contributed by atoms with E-state index in [1.807, 2.05) is 6.07 Å². The van der Waals surface area contributed by atoms with Crippen molar-refractivity contribution in [3.8, 4) is 6.07 Å². The van der Waals surface area contributed by atoms with Gasteiger partial charge in [0.25, 0.3) is 5.91 Å². The molecule has 0 saturated carbocycles. The van der Waals surface area contributed by atoms with Crippen LogP contribution in [0.3, 0.4) is 0 Å². The van der Waals surface area contributed by atoms with Crippen LogP contribution in [0.2, 0.25) is 0 Å². The van der Waals surface area contributed by atoms with E-state index in [0.29, 0.717) is 22.9 Å². The Morgan fingerprint density at radius 1 is 0.927 bits per heavy atom. The van der Waals surface area contributed by atoms with Gasteiger partial charge < -0.3 is 9.64 Å². The first-order valence-corrected chi connectivity index (χ1v) is 12.5. The fourth-order valence-electron chi connectivity index (χ4n) is 4.58. The van der Waals surface area contributed by atoms with Gasteiger partial charge in [-0.3, -0.25) is 10.1 Å². The predicted octanol–water partition coefficient (Wildman–Crippen LogP) is 7.04. The Morgan fingerprint density at radius 2 is 1.61 bits per heavy atom. The number of carbonyl (C=O) groups excluding carboxylic acids is 2. The van der Waals surface area contributed by atoms with E-state index in [0.717, 1.165) is 4.90 Å². The number of hydrogen-bond acceptors (Lipinski definition) is 4. The largest absolute Gasteiger partial charge is 0.446 e. The number of ether oxygens (including phenoxy) is 1. The topological polar surface area (TPSA) is 82.4 Å². The van der Waals surface area contributed by atoms with Crippen LogP contribution in [0.5, 0.6) is 0 Å². The Morgan fingerprint density at radius 3 is 2.22 bits per heavy atom. The van der Waals surface area contributed by atoms with E-state index in [1.165, 1.54) is 18.2 Å². The number of likely N-dealkylation sites (tertiary alicyclic amines) is 1. The minimum Gasteiger partial charge on any atom is -0.446 e. The second-order valence-electron chi connectivity index (χ2n) is 9.42. The smallest absolute Gasteiger partial charge is 0.416 e. The molecule has 0 spiro atoms. The van der Waals surface area contributed by atoms with Crippen LogP contribution in [0.1, 0.15) is 51.0 Å². The van der Waals surface area contributed by atoms with Crippen LogP contribution >= 0.6 is 0 Å². The second-order valence-corrected chi connectivity index (χ2v) is 9.42. The minimum absolute atomic E-state index is 0.0417. The summed E-state index contributed by atoms with van der Waals surface area (Å²) in [6.07, 6.45) is -11.9. The van der Waals surface area contributed by atoms with E-state index in [-0.39, 0.29) is 32.0 Å². The van der Waals surface area contributed by atoms with Crippen molar-refractivity contribution < 1.29 is 40.7 Å². The molecular formula is C29H23F6N3O3. The lowest BCUT2D eigenvalue weighted by Crippen LogP contribution is -2.42. The van der Waals surface area contributed by atoms with Crippen LogP contribution in [-0.4, -0.2) is 36.1 Å². The second kappa shape index (κ2) is 11.9. The number of benzene rings is 3. The molecule has 0 unspecified atom stereocenters. The molecule has 4 rings (SSSR count). The number of halogens is 6. The third kappa shape index (κ3) is 7.36. The third-order valence-electron chi connectivity index (χ3n) is 6.58. The summed E-state index contributed by atoms with van der Waals surface area (Å²) in [5.41, 5.74) is -3.26. The molecule has 1 N–H and O–H groups in total. The van der Waals surface area contributed by atoms with E-state index in [4.69, 9.17) is 10.00 Å². The molecule has 0 radical (unpaired) electrons. The van der Waals surface area contributed by atoms with Crippen molar-refractivity contribution in [2.75, 3.05) is 18.4 Å². The summed E-state index contributed by atoms with van der Waals surface area (Å²) in [7, 11) is 0. The number of rotatable bonds is 5. The monoisotopic (exact) mass is 575 g/mol. The first-order chi connectivity index (χ1) is 19.3. The zero-order valence-corrected chi connectivity index (χ0v) is 21.4. The van der Waals surface area contributed by atoms with Crippen LogP contribution in [-0.2, 0) is 23.5 Å². The molecule has 1 fully saturated rings. The Balaban J connectivity index is 1.54. The van der Waals surface area contributed by atoms with Gasteiger partial charge in [-0.15, -0.1) is 0 Å². The van der Waals surface area contributed by atoms with Crippen LogP contribution in [0.25, 0.3) is 0 Å². The van der Waals surface area contributed by atoms with Crippen molar-refractivity contribution >= 4 is 17.7 Å². The molecule has 0 atom stereocenters. The molecule has 1 heterocycles. The summed E-state index contributed by atoms with van der Waals surface area (Å²) >= 11 is 0. The van der Waals surface area contributed by atoms with E-state index in [9.17, 15) is 35.9 Å². The normalized spacial score (nSPS) is 14.3. The van der Waals surface area contributed by atoms with Gasteiger partial charge in [0.2, 0.25) is 0 Å². The molecule has 0 bridgehead atoms. The van der Waals surface area contributed by atoms with Crippen molar-refractivity contribution in [2.24, 2.45) is 0 Å². The predicted molar refractivity (Wildman–Crippen MR) is 136 cm³/mol. The quantitative estimate of drug-likeness (QED) is 0.331. The summed E-state index contributed by atoms with van der Waals surface area (Å²) < 4.78 is 88.2. The van der Waals surface area contributed by atoms with Crippen molar-refractivity contribution in [3.63, 3.8) is 0 Å². The average Bonchev–Trinajstić information content (AvgIpc) is 2.92. The standard InChI is InChI=1S/C29H23F6N3O3/c30-28(31,32)20-15-24(23(25(16-20)29(33,34)35)14-18-5-2-1-3-6-18)26(39)38-11-9-22(10-12-38)41-27(40)37-21-8-4-7-19(13-21)17-36/h1-8,13,15-16,22H,9-12,14H2,(H,37,40). The lowest BCUT2D eigenvalue weighted by Gasteiger charge is -2.32. The van der Waals surface area contributed by atoms with Crippen molar-refractivity contribution in [3.05, 3.63) is 100 Å². The third-order valence-corrected chi connectivity index (χ3v) is 6.58. The van der Waals surface area contributed by atoms with Gasteiger partial charge in [-0.05, 0) is 47.9 Å². The van der Waals surface area contributed by atoms with Crippen LogP contribution < -0.4 is 5.32 Å². The van der Waals surface area contributed by atoms with Gasteiger partial charge in [0, 0.05) is 37.2 Å². The first kappa shape index (κ1) is 29.5. The molecule has 3 aromatic rings. The fraction of sp³-hybridized carbons (Fsp3) is 0.276. The molecule has 2 amide bonds. The van der Waals surface area contributed by atoms with Crippen LogP contribution in [0.15, 0.2) is 66.7 Å². The minimum atomic E-state index is -5.14. The van der Waals surface area contributed by atoms with Gasteiger partial charge in [-0.25, -0.2) is 4.79 Å². The summed E-state index contributed by atoms with van der Waals surface area (Å²) in [5.74, 6) is -0.969. The number of alkyl halides is 6. The molecule has 6 nitrogen and oxygen atoms in total. The Labute approximate surface area is 231 Å². The van der Waals surface area contributed by atoms with Gasteiger partial charge in [0.15, 0.2) is 0 Å². The van der Waals surface area contributed by atoms with Gasteiger partial charge in [0.05, 0.1) is 22.8 Å². The molecule has 1 aliphatic heterocycles. The number of carbonyl (C=O) groups is 2. The SMILES string of the molecule is N#Cc1cccc(NC(=O)OC2CCN(C(=O)c3cc(C(F)(F)F)cc(C(F)(F)F)c3Cc3ccccc3)CC2)c1. The molecule has 41 heavy (non-hydrogen) atoms. The maximum atomic E-state index is 14.0. The Kier molecular flexibility index (Phi) is 8.56. The van der Waals surface area contributed by atoms with Crippen LogP contribution in [0.4, 0.5) is 36.8 Å². The Bertz CT molecular complexity index is 1460. The number of piperidine rings is 1. The highest BCUT2D eigenvalue weighted by atomic mass is 19.4. The number of amides is 2. The highest BCUT2D eigenvalue weighted by Gasteiger charge is 2.41. The first-order valence-electron chi connectivity index (χ1n) is 12.5. The van der Waals surface area contributed by atoms with E-state index < -0.39 is 59.1 Å². The molecule has 3 aromatic carbocycles. The summed E-state index contributed by atoms with van der Waals surface area (Å²) in [5, 5.41) is 11.5. The number of nitrogens with zero attached hydrogens (tertiary/aromatic N) is 2. The summed E-state index contributed by atoms with van der Waals surface area (Å²) in [6.45, 7) is -0.105. The van der Waals surface area contributed by atoms with E-state index in [2.05, 4.69) is 5.32 Å². The van der Waals surface area contributed by atoms with E-state index in [1.54, 1.807) is 36.4 Å². The van der Waals surface area contributed by atoms with E-state index >= 15 is 0 Å². The number of nitriles is 1. The molecular weight excluding hydrogens is 552 g/mol. The number of nitrogens with one attached hydrogen (secondary N) is 1. The number of hydrogen-bond donors (Lipinski definition) is 1. The highest BCUT2D eigenvalue weighted by molar-refractivity contribution is 5.96. The molecule has 12 heteroatoms. The lowest BCUT2D eigenvalue weighted by atomic mass is 9.90. The zero-order valence-electron chi connectivity index (χ0n) is 21.4. The van der Waals surface area contributed by atoms with Crippen molar-refractivity contribution in [1.82, 2.24) is 4.90 Å². The summed E-state index contributed by atoms with van der Waals surface area (Å²) in [4.78, 5) is 26.9. The zero-order chi connectivity index (χ0) is 29.8. The van der Waals surface area contributed by atoms with Crippen LogP contribution in [0, 0.1) is 11.3 Å². The molecule has 0 aliphatic carbocycles. The number of anilines is 1. The maximum Gasteiger partial charge on any atom is 0.416 e. The van der Waals surface area contributed by atoms with Crippen molar-refractivity contribution in [1.29, 1.82) is 5.26 Å². The lowest BCUT2D eigenvalue weighted by molar-refractivity contribution is -0.143. The summed E-state index contributed by atoms with van der Waals surface area (Å²) in [6, 6.07) is 16.4. The average molecular weight is 576 g/mol. The molecule has 1 aliphatic rings. The maximum absolute atomic E-state index is 14.0. The highest BCUT2D eigenvalue weighted by Crippen LogP contribution is 2.40. The molecule has 214 valence electrons.